The highest BCUT2D eigenvalue weighted by atomic mass is 19.1. The first-order valence-electron chi connectivity index (χ1n) is 11.2. The van der Waals surface area contributed by atoms with Gasteiger partial charge in [0.25, 0.3) is 0 Å². The van der Waals surface area contributed by atoms with E-state index in [2.05, 4.69) is 5.32 Å². The molecule has 0 saturated carbocycles. The summed E-state index contributed by atoms with van der Waals surface area (Å²) in [6.45, 7) is 2.92. The maximum atomic E-state index is 13.8. The molecule has 0 aliphatic carbocycles. The molecule has 3 aromatic rings. The number of nitrogens with one attached hydrogen (secondary N) is 1. The topological polar surface area (TPSA) is 121 Å². The lowest BCUT2D eigenvalue weighted by Crippen LogP contribution is -2.46. The number of carbonyl (C=O) groups excluding carboxylic acids is 2. The molecule has 3 atom stereocenters. The highest BCUT2D eigenvalue weighted by molar-refractivity contribution is 5.96. The zero-order valence-electron chi connectivity index (χ0n) is 20.5. The number of methoxy groups -OCH3 is 2. The maximum Gasteiger partial charge on any atom is 0.328 e. The fraction of sp³-hybridized carbons (Fsp3) is 0.269. The third kappa shape index (κ3) is 6.05. The van der Waals surface area contributed by atoms with Crippen LogP contribution in [0.15, 0.2) is 54.7 Å². The van der Waals surface area contributed by atoms with E-state index in [1.165, 1.54) is 69.7 Å². The van der Waals surface area contributed by atoms with Gasteiger partial charge in [0.15, 0.2) is 11.9 Å². The van der Waals surface area contributed by atoms with Gasteiger partial charge in [0.1, 0.15) is 29.5 Å². The van der Waals surface area contributed by atoms with Crippen molar-refractivity contribution in [1.29, 1.82) is 0 Å². The van der Waals surface area contributed by atoms with E-state index < -0.39 is 53.0 Å². The van der Waals surface area contributed by atoms with Crippen LogP contribution in [0.2, 0.25) is 0 Å². The van der Waals surface area contributed by atoms with E-state index in [1.54, 1.807) is 6.92 Å². The quantitative estimate of drug-likeness (QED) is 0.255. The Hall–Kier alpha value is -4.41. The molecule has 1 aromatic heterocycles. The summed E-state index contributed by atoms with van der Waals surface area (Å²) >= 11 is 0. The summed E-state index contributed by atoms with van der Waals surface area (Å²) in [5.41, 5.74) is 0.394. The van der Waals surface area contributed by atoms with Gasteiger partial charge in [-0.1, -0.05) is 18.2 Å². The molecule has 0 unspecified atom stereocenters. The van der Waals surface area contributed by atoms with Crippen molar-refractivity contribution < 1.29 is 42.4 Å². The van der Waals surface area contributed by atoms with E-state index >= 15 is 0 Å². The predicted octanol–water partition coefficient (Wildman–Crippen LogP) is 3.20. The SMILES string of the molecule is COc1cc(F)ccc1[C@@H](c1ccc(F)cc1)[C@H](C)OC(=O)[C@H](C)NC(=O)c1c(O)c(OC)cc[n+]1[O-]. The number of ether oxygens (including phenoxy) is 3. The highest BCUT2D eigenvalue weighted by Crippen LogP contribution is 2.36. The average Bonchev–Trinajstić information content (AvgIpc) is 2.86. The van der Waals surface area contributed by atoms with Gasteiger partial charge in [0.2, 0.25) is 5.75 Å². The lowest BCUT2D eigenvalue weighted by atomic mass is 9.86. The largest absolute Gasteiger partial charge is 0.618 e. The van der Waals surface area contributed by atoms with Crippen LogP contribution in [-0.4, -0.2) is 43.3 Å². The van der Waals surface area contributed by atoms with Crippen molar-refractivity contribution in [2.24, 2.45) is 0 Å². The molecule has 2 N–H and O–H groups in total. The van der Waals surface area contributed by atoms with Crippen LogP contribution < -0.4 is 19.5 Å². The summed E-state index contributed by atoms with van der Waals surface area (Å²) in [6, 6.07) is 9.35. The van der Waals surface area contributed by atoms with Gasteiger partial charge >= 0.3 is 17.6 Å². The molecule has 0 fully saturated rings. The number of amides is 1. The number of esters is 1. The molecule has 0 spiro atoms. The second-order valence-electron chi connectivity index (χ2n) is 8.16. The van der Waals surface area contributed by atoms with Crippen molar-refractivity contribution in [2.75, 3.05) is 14.2 Å². The fourth-order valence-corrected chi connectivity index (χ4v) is 3.87. The minimum Gasteiger partial charge on any atom is -0.618 e. The van der Waals surface area contributed by atoms with Crippen LogP contribution in [0.5, 0.6) is 17.2 Å². The van der Waals surface area contributed by atoms with Crippen LogP contribution in [-0.2, 0) is 9.53 Å². The molecular weight excluding hydrogens is 490 g/mol. The first kappa shape index (κ1) is 27.2. The molecule has 0 bridgehead atoms. The normalized spacial score (nSPS) is 13.2. The standard InChI is InChI=1S/C26H26F2N2O7/c1-14(29-25(32)23-24(31)20(35-3)11-12-30(23)34)26(33)37-15(2)22(16-5-7-17(27)8-6-16)19-10-9-18(28)13-21(19)36-4/h5-15,22,31H,1-4H3,(H,29,32)/t14-,15-,22+/m0/s1. The maximum absolute atomic E-state index is 13.8. The van der Waals surface area contributed by atoms with Crippen LogP contribution in [0.4, 0.5) is 8.78 Å². The van der Waals surface area contributed by atoms with E-state index in [9.17, 15) is 28.7 Å². The minimum absolute atomic E-state index is 0.100. The molecule has 0 radical (unpaired) electrons. The highest BCUT2D eigenvalue weighted by Gasteiger charge is 2.32. The zero-order chi connectivity index (χ0) is 27.3. The number of rotatable bonds is 9. The number of aromatic nitrogens is 1. The van der Waals surface area contributed by atoms with Gasteiger partial charge < -0.3 is 29.8 Å². The Bertz CT molecular complexity index is 1280. The lowest BCUT2D eigenvalue weighted by molar-refractivity contribution is -0.608. The first-order valence-corrected chi connectivity index (χ1v) is 11.2. The molecule has 0 aliphatic heterocycles. The Morgan fingerprint density at radius 2 is 1.59 bits per heavy atom. The predicted molar refractivity (Wildman–Crippen MR) is 127 cm³/mol. The number of carbonyl (C=O) groups is 2. The van der Waals surface area contributed by atoms with Gasteiger partial charge in [-0.05, 0) is 37.6 Å². The van der Waals surface area contributed by atoms with Gasteiger partial charge in [-0.3, -0.25) is 4.79 Å². The van der Waals surface area contributed by atoms with E-state index in [-0.39, 0.29) is 16.2 Å². The third-order valence-electron chi connectivity index (χ3n) is 5.71. The molecule has 3 rings (SSSR count). The van der Waals surface area contributed by atoms with Crippen molar-refractivity contribution in [3.8, 4) is 17.2 Å². The second kappa shape index (κ2) is 11.5. The molecule has 1 amide bonds. The Morgan fingerprint density at radius 1 is 0.973 bits per heavy atom. The molecule has 2 aromatic carbocycles. The van der Waals surface area contributed by atoms with Crippen molar-refractivity contribution in [1.82, 2.24) is 5.32 Å². The van der Waals surface area contributed by atoms with Gasteiger partial charge in [0.05, 0.1) is 14.2 Å². The summed E-state index contributed by atoms with van der Waals surface area (Å²) in [7, 11) is 2.62. The molecule has 11 heteroatoms. The number of aromatic hydroxyl groups is 1. The molecule has 196 valence electrons. The molecule has 37 heavy (non-hydrogen) atoms. The molecule has 9 nitrogen and oxygen atoms in total. The van der Waals surface area contributed by atoms with Crippen LogP contribution in [0.3, 0.4) is 0 Å². The van der Waals surface area contributed by atoms with Crippen molar-refractivity contribution in [3.63, 3.8) is 0 Å². The van der Waals surface area contributed by atoms with Crippen LogP contribution in [0.1, 0.15) is 41.4 Å². The number of hydrogen-bond donors (Lipinski definition) is 2. The Morgan fingerprint density at radius 3 is 2.22 bits per heavy atom. The smallest absolute Gasteiger partial charge is 0.328 e. The second-order valence-corrected chi connectivity index (χ2v) is 8.16. The average molecular weight is 516 g/mol. The summed E-state index contributed by atoms with van der Waals surface area (Å²) in [5, 5.41) is 24.5. The summed E-state index contributed by atoms with van der Waals surface area (Å²) < 4.78 is 43.4. The van der Waals surface area contributed by atoms with Crippen LogP contribution in [0, 0.1) is 16.8 Å². The van der Waals surface area contributed by atoms with E-state index in [1.807, 2.05) is 0 Å². The molecule has 0 saturated heterocycles. The summed E-state index contributed by atoms with van der Waals surface area (Å²) in [6.07, 6.45) is 0.0911. The number of hydrogen-bond acceptors (Lipinski definition) is 7. The van der Waals surface area contributed by atoms with E-state index in [4.69, 9.17) is 14.2 Å². The van der Waals surface area contributed by atoms with Crippen LogP contribution in [0.25, 0.3) is 0 Å². The zero-order valence-corrected chi connectivity index (χ0v) is 20.5. The number of halogens is 2. The van der Waals surface area contributed by atoms with Crippen molar-refractivity contribution in [3.05, 3.63) is 88.4 Å². The van der Waals surface area contributed by atoms with Gasteiger partial charge in [-0.25, -0.2) is 13.6 Å². The van der Waals surface area contributed by atoms with E-state index in [0.717, 1.165) is 6.20 Å². The molecule has 0 aliphatic rings. The van der Waals surface area contributed by atoms with Crippen LogP contribution >= 0.6 is 0 Å². The van der Waals surface area contributed by atoms with Crippen molar-refractivity contribution in [2.45, 2.75) is 31.9 Å². The number of pyridine rings is 1. The van der Waals surface area contributed by atoms with E-state index in [0.29, 0.717) is 11.1 Å². The minimum atomic E-state index is -1.23. The summed E-state index contributed by atoms with van der Waals surface area (Å²) in [5.74, 6) is -4.15. The third-order valence-corrected chi connectivity index (χ3v) is 5.71. The van der Waals surface area contributed by atoms with Crippen molar-refractivity contribution >= 4 is 11.9 Å². The summed E-state index contributed by atoms with van der Waals surface area (Å²) in [4.78, 5) is 25.5. The van der Waals surface area contributed by atoms with Gasteiger partial charge in [-0.15, -0.1) is 0 Å². The van der Waals surface area contributed by atoms with Gasteiger partial charge in [0, 0.05) is 23.6 Å². The Labute approximate surface area is 211 Å². The monoisotopic (exact) mass is 516 g/mol. The number of benzene rings is 2. The first-order chi connectivity index (χ1) is 17.6. The van der Waals surface area contributed by atoms with Gasteiger partial charge in [-0.2, -0.15) is 4.73 Å². The fourth-order valence-electron chi connectivity index (χ4n) is 3.87. The number of nitrogens with zero attached hydrogens (tertiary/aromatic N) is 1. The molecular formula is C26H26F2N2O7. The molecule has 1 heterocycles. The Kier molecular flexibility index (Phi) is 8.49. The lowest BCUT2D eigenvalue weighted by Gasteiger charge is -2.27. The Balaban J connectivity index is 1.84.